The van der Waals surface area contributed by atoms with Gasteiger partial charge in [0.2, 0.25) is 15.9 Å². The third-order valence-corrected chi connectivity index (χ3v) is 7.59. The maximum absolute atomic E-state index is 12.9. The van der Waals surface area contributed by atoms with Crippen LogP contribution in [0.15, 0.2) is 47.4 Å². The van der Waals surface area contributed by atoms with Crippen LogP contribution in [-0.4, -0.2) is 55.8 Å². The number of benzene rings is 2. The Labute approximate surface area is 185 Å². The molecule has 1 heterocycles. The number of amides is 1. The van der Waals surface area contributed by atoms with Gasteiger partial charge in [-0.15, -0.1) is 0 Å². The Kier molecular flexibility index (Phi) is 7.01. The molecule has 2 aromatic rings. The number of hydrogen-bond donors (Lipinski definition) is 1. The maximum Gasteiger partial charge on any atom is 0.244 e. The van der Waals surface area contributed by atoms with Crippen LogP contribution in [-0.2, 0) is 14.8 Å². The lowest BCUT2D eigenvalue weighted by molar-refractivity contribution is -0.121. The van der Waals surface area contributed by atoms with E-state index in [9.17, 15) is 13.2 Å². The minimum absolute atomic E-state index is 0.0201. The van der Waals surface area contributed by atoms with E-state index in [4.69, 9.17) is 28.5 Å². The number of rotatable bonds is 5. The molecule has 3 rings (SSSR count). The molecule has 158 valence electrons. The zero-order chi connectivity index (χ0) is 21.9. The number of nitrogens with one attached hydrogen (secondary N) is 1. The number of anilines is 1. The molecule has 7 nitrogen and oxygen atoms in total. The second-order valence-corrected chi connectivity index (χ2v) is 9.62. The van der Waals surface area contributed by atoms with Crippen molar-refractivity contribution in [2.24, 2.45) is 0 Å². The molecule has 1 aliphatic rings. The lowest BCUT2D eigenvalue weighted by Gasteiger charge is -2.36. The van der Waals surface area contributed by atoms with E-state index >= 15 is 0 Å². The van der Waals surface area contributed by atoms with Crippen molar-refractivity contribution < 1.29 is 13.2 Å². The molecule has 1 fully saturated rings. The number of piperazine rings is 1. The maximum atomic E-state index is 12.9. The first-order chi connectivity index (χ1) is 14.2. The van der Waals surface area contributed by atoms with Gasteiger partial charge in [-0.25, -0.2) is 8.42 Å². The molecule has 0 aliphatic carbocycles. The van der Waals surface area contributed by atoms with Crippen molar-refractivity contribution in [2.45, 2.75) is 17.9 Å². The number of nitrogens with zero attached hydrogens (tertiary/aromatic N) is 3. The molecular formula is C20H20Cl2N4O3S. The van der Waals surface area contributed by atoms with Crippen LogP contribution in [0.2, 0.25) is 10.0 Å². The first-order valence-corrected chi connectivity index (χ1v) is 11.4. The number of carbonyl (C=O) groups is 1. The molecular weight excluding hydrogens is 447 g/mol. The standard InChI is InChI=1S/C20H20Cl2N4O3S/c1-14(20(27)24-17-4-2-3-15(11-17)13-23)25-7-9-26(10-8-25)30(28,29)19-12-16(21)5-6-18(19)22/h2-6,11-12,14H,7-10H2,1H3,(H,24,27)/t14-/m0/s1. The van der Waals surface area contributed by atoms with Crippen molar-refractivity contribution in [3.63, 3.8) is 0 Å². The molecule has 0 spiro atoms. The second kappa shape index (κ2) is 9.33. The van der Waals surface area contributed by atoms with Gasteiger partial charge in [-0.3, -0.25) is 9.69 Å². The minimum atomic E-state index is -3.78. The quantitative estimate of drug-likeness (QED) is 0.729. The van der Waals surface area contributed by atoms with E-state index in [1.807, 2.05) is 11.0 Å². The molecule has 1 amide bonds. The lowest BCUT2D eigenvalue weighted by atomic mass is 10.2. The average Bonchev–Trinajstić information content (AvgIpc) is 2.75. The van der Waals surface area contributed by atoms with Crippen LogP contribution in [0.4, 0.5) is 5.69 Å². The fourth-order valence-electron chi connectivity index (χ4n) is 3.22. The molecule has 30 heavy (non-hydrogen) atoms. The van der Waals surface area contributed by atoms with Crippen molar-refractivity contribution in [1.29, 1.82) is 5.26 Å². The van der Waals surface area contributed by atoms with E-state index in [0.29, 0.717) is 29.4 Å². The summed E-state index contributed by atoms with van der Waals surface area (Å²) in [5.74, 6) is -0.223. The molecule has 0 bridgehead atoms. The van der Waals surface area contributed by atoms with E-state index in [1.54, 1.807) is 31.2 Å². The highest BCUT2D eigenvalue weighted by molar-refractivity contribution is 7.89. The Morgan fingerprint density at radius 3 is 2.50 bits per heavy atom. The highest BCUT2D eigenvalue weighted by Gasteiger charge is 2.33. The number of halogens is 2. The lowest BCUT2D eigenvalue weighted by Crippen LogP contribution is -2.53. The first-order valence-electron chi connectivity index (χ1n) is 9.22. The molecule has 0 aromatic heterocycles. The fraction of sp³-hybridized carbons (Fsp3) is 0.300. The second-order valence-electron chi connectivity index (χ2n) is 6.87. The SMILES string of the molecule is C[C@@H](C(=O)Nc1cccc(C#N)c1)N1CCN(S(=O)(=O)c2cc(Cl)ccc2Cl)CC1. The Morgan fingerprint density at radius 1 is 1.13 bits per heavy atom. The largest absolute Gasteiger partial charge is 0.325 e. The van der Waals surface area contributed by atoms with Gasteiger partial charge in [-0.2, -0.15) is 9.57 Å². The Morgan fingerprint density at radius 2 is 1.83 bits per heavy atom. The molecule has 0 radical (unpaired) electrons. The van der Waals surface area contributed by atoms with E-state index < -0.39 is 16.1 Å². The number of sulfonamides is 1. The Bertz CT molecular complexity index is 1090. The normalized spacial score (nSPS) is 16.6. The van der Waals surface area contributed by atoms with Gasteiger partial charge in [0.25, 0.3) is 0 Å². The molecule has 0 unspecified atom stereocenters. The molecule has 1 aliphatic heterocycles. The minimum Gasteiger partial charge on any atom is -0.325 e. The van der Waals surface area contributed by atoms with Crippen LogP contribution >= 0.6 is 23.2 Å². The van der Waals surface area contributed by atoms with Crippen LogP contribution in [0.5, 0.6) is 0 Å². The zero-order valence-corrected chi connectivity index (χ0v) is 18.5. The molecule has 2 aromatic carbocycles. The van der Waals surface area contributed by atoms with Gasteiger partial charge in [0.15, 0.2) is 0 Å². The number of hydrogen-bond acceptors (Lipinski definition) is 5. The van der Waals surface area contributed by atoms with E-state index in [2.05, 4.69) is 5.32 Å². The van der Waals surface area contributed by atoms with Crippen LogP contribution in [0.3, 0.4) is 0 Å². The fourth-order valence-corrected chi connectivity index (χ4v) is 5.38. The van der Waals surface area contributed by atoms with Crippen molar-refractivity contribution in [3.8, 4) is 6.07 Å². The average molecular weight is 467 g/mol. The van der Waals surface area contributed by atoms with Gasteiger partial charge < -0.3 is 5.32 Å². The summed E-state index contributed by atoms with van der Waals surface area (Å²) in [6.07, 6.45) is 0. The van der Waals surface area contributed by atoms with E-state index in [1.165, 1.54) is 22.5 Å². The van der Waals surface area contributed by atoms with Crippen molar-refractivity contribution in [1.82, 2.24) is 9.21 Å². The van der Waals surface area contributed by atoms with Gasteiger partial charge in [0.05, 0.1) is 22.7 Å². The topological polar surface area (TPSA) is 93.5 Å². The summed E-state index contributed by atoms with van der Waals surface area (Å²) < 4.78 is 27.2. The van der Waals surface area contributed by atoms with Crippen molar-refractivity contribution in [2.75, 3.05) is 31.5 Å². The third kappa shape index (κ3) is 4.94. The number of carbonyl (C=O) groups excluding carboxylic acids is 1. The summed E-state index contributed by atoms with van der Waals surface area (Å²) in [7, 11) is -3.78. The smallest absolute Gasteiger partial charge is 0.244 e. The predicted octanol–water partition coefficient (Wildman–Crippen LogP) is 3.20. The van der Waals surface area contributed by atoms with E-state index in [-0.39, 0.29) is 28.9 Å². The molecule has 1 saturated heterocycles. The van der Waals surface area contributed by atoms with Gasteiger partial charge in [0, 0.05) is 36.9 Å². The summed E-state index contributed by atoms with van der Waals surface area (Å²) in [4.78, 5) is 14.5. The van der Waals surface area contributed by atoms with Gasteiger partial charge in [-0.05, 0) is 43.3 Å². The van der Waals surface area contributed by atoms with Crippen LogP contribution < -0.4 is 5.32 Å². The van der Waals surface area contributed by atoms with Gasteiger partial charge in [-0.1, -0.05) is 29.3 Å². The summed E-state index contributed by atoms with van der Waals surface area (Å²) >= 11 is 12.0. The Hall–Kier alpha value is -2.15. The monoisotopic (exact) mass is 466 g/mol. The van der Waals surface area contributed by atoms with Crippen LogP contribution in [0.25, 0.3) is 0 Å². The van der Waals surface area contributed by atoms with Crippen molar-refractivity contribution >= 4 is 44.8 Å². The first kappa shape index (κ1) is 22.5. The van der Waals surface area contributed by atoms with Gasteiger partial charge in [0.1, 0.15) is 4.90 Å². The van der Waals surface area contributed by atoms with Crippen LogP contribution in [0, 0.1) is 11.3 Å². The molecule has 1 atom stereocenters. The molecule has 1 N–H and O–H groups in total. The Balaban J connectivity index is 1.63. The third-order valence-electron chi connectivity index (χ3n) is 4.97. The summed E-state index contributed by atoms with van der Waals surface area (Å²) in [6, 6.07) is 12.6. The molecule has 10 heteroatoms. The zero-order valence-electron chi connectivity index (χ0n) is 16.2. The predicted molar refractivity (Wildman–Crippen MR) is 116 cm³/mol. The summed E-state index contributed by atoms with van der Waals surface area (Å²) in [6.45, 7) is 3.01. The van der Waals surface area contributed by atoms with Crippen molar-refractivity contribution in [3.05, 3.63) is 58.1 Å². The highest BCUT2D eigenvalue weighted by Crippen LogP contribution is 2.28. The van der Waals surface area contributed by atoms with Gasteiger partial charge >= 0.3 is 0 Å². The molecule has 0 saturated carbocycles. The van der Waals surface area contributed by atoms with E-state index in [0.717, 1.165) is 0 Å². The number of nitriles is 1. The summed E-state index contributed by atoms with van der Waals surface area (Å²) in [5, 5.41) is 12.2. The summed E-state index contributed by atoms with van der Waals surface area (Å²) in [5.41, 5.74) is 1.00. The van der Waals surface area contributed by atoms with Crippen LogP contribution in [0.1, 0.15) is 12.5 Å². The highest BCUT2D eigenvalue weighted by atomic mass is 35.5.